The summed E-state index contributed by atoms with van der Waals surface area (Å²) in [6.45, 7) is 5.11. The van der Waals surface area contributed by atoms with Crippen molar-refractivity contribution >= 4 is 5.57 Å². The highest BCUT2D eigenvalue weighted by atomic mass is 15.1. The SMILES string of the molecule is C[C@]12CC[C@@H](N=[N+]=[N-])CC1CC[C@@H]1[C@@H]2CC[C@]2(C)C(c3cccnc3)=CC[C@@H]12. The van der Waals surface area contributed by atoms with E-state index < -0.39 is 0 Å². The Morgan fingerprint density at radius 2 is 2.04 bits per heavy atom. The molecular weight excluding hydrogens is 344 g/mol. The molecule has 3 saturated carbocycles. The molecule has 4 aliphatic carbocycles. The maximum atomic E-state index is 8.86. The number of aromatic nitrogens is 1. The van der Waals surface area contributed by atoms with Crippen LogP contribution in [-0.4, -0.2) is 11.0 Å². The number of allylic oxidation sites excluding steroid dienone is 2. The summed E-state index contributed by atoms with van der Waals surface area (Å²) in [6.07, 6.45) is 16.5. The van der Waals surface area contributed by atoms with Gasteiger partial charge in [0.2, 0.25) is 0 Å². The van der Waals surface area contributed by atoms with Crippen molar-refractivity contribution < 1.29 is 0 Å². The van der Waals surface area contributed by atoms with Crippen molar-refractivity contribution in [3.05, 3.63) is 46.6 Å². The normalized spacial score (nSPS) is 44.5. The second-order valence-electron chi connectivity index (χ2n) is 10.3. The smallest absolute Gasteiger partial charge is 0.0377 e. The zero-order chi connectivity index (χ0) is 19.4. The summed E-state index contributed by atoms with van der Waals surface area (Å²) in [7, 11) is 0. The molecule has 1 unspecified atom stereocenters. The minimum Gasteiger partial charge on any atom is -0.264 e. The van der Waals surface area contributed by atoms with Crippen LogP contribution in [0, 0.1) is 34.5 Å². The first-order valence-electron chi connectivity index (χ1n) is 11.2. The lowest BCUT2D eigenvalue weighted by Gasteiger charge is -2.60. The summed E-state index contributed by atoms with van der Waals surface area (Å²) in [6, 6.07) is 4.56. The van der Waals surface area contributed by atoms with Crippen molar-refractivity contribution in [3.63, 3.8) is 0 Å². The van der Waals surface area contributed by atoms with Crippen LogP contribution in [0.1, 0.15) is 70.8 Å². The lowest BCUT2D eigenvalue weighted by atomic mass is 9.44. The van der Waals surface area contributed by atoms with Gasteiger partial charge >= 0.3 is 0 Å². The molecule has 0 bridgehead atoms. The number of azide groups is 1. The van der Waals surface area contributed by atoms with E-state index in [2.05, 4.69) is 53.3 Å². The predicted molar refractivity (Wildman–Crippen MR) is 112 cm³/mol. The zero-order valence-electron chi connectivity index (χ0n) is 17.2. The fourth-order valence-corrected chi connectivity index (χ4v) is 7.95. The van der Waals surface area contributed by atoms with E-state index in [-0.39, 0.29) is 6.04 Å². The van der Waals surface area contributed by atoms with Crippen LogP contribution in [0.25, 0.3) is 16.0 Å². The Bertz CT molecular complexity index is 826. The third kappa shape index (κ3) is 2.57. The predicted octanol–water partition coefficient (Wildman–Crippen LogP) is 6.80. The zero-order valence-corrected chi connectivity index (χ0v) is 17.2. The van der Waals surface area contributed by atoms with Crippen molar-refractivity contribution in [2.24, 2.45) is 39.6 Å². The molecular formula is C24H32N4. The molecule has 0 N–H and O–H groups in total. The average Bonchev–Trinajstić information content (AvgIpc) is 3.06. The van der Waals surface area contributed by atoms with E-state index in [9.17, 15) is 0 Å². The molecule has 148 valence electrons. The van der Waals surface area contributed by atoms with Crippen molar-refractivity contribution in [2.45, 2.75) is 71.3 Å². The second-order valence-corrected chi connectivity index (χ2v) is 10.3. The molecule has 1 aromatic rings. The molecule has 0 saturated heterocycles. The lowest BCUT2D eigenvalue weighted by molar-refractivity contribution is -0.0980. The Morgan fingerprint density at radius 3 is 2.82 bits per heavy atom. The summed E-state index contributed by atoms with van der Waals surface area (Å²) in [4.78, 5) is 7.50. The Morgan fingerprint density at radius 1 is 1.14 bits per heavy atom. The maximum Gasteiger partial charge on any atom is 0.0377 e. The molecule has 0 radical (unpaired) electrons. The highest BCUT2D eigenvalue weighted by molar-refractivity contribution is 5.72. The van der Waals surface area contributed by atoms with Crippen molar-refractivity contribution in [2.75, 3.05) is 0 Å². The van der Waals surface area contributed by atoms with Crippen LogP contribution >= 0.6 is 0 Å². The minimum atomic E-state index is 0.235. The fraction of sp³-hybridized carbons (Fsp3) is 0.708. The summed E-state index contributed by atoms with van der Waals surface area (Å²) in [5.74, 6) is 3.23. The van der Waals surface area contributed by atoms with Crippen LogP contribution in [0.3, 0.4) is 0 Å². The van der Waals surface area contributed by atoms with Crippen molar-refractivity contribution in [1.29, 1.82) is 0 Å². The van der Waals surface area contributed by atoms with E-state index >= 15 is 0 Å². The molecule has 1 heterocycles. The molecule has 3 fully saturated rings. The van der Waals surface area contributed by atoms with E-state index in [0.717, 1.165) is 36.5 Å². The Kier molecular flexibility index (Phi) is 4.32. The first kappa shape index (κ1) is 18.2. The molecule has 7 atom stereocenters. The quantitative estimate of drug-likeness (QED) is 0.318. The number of hydrogen-bond acceptors (Lipinski definition) is 2. The molecule has 5 rings (SSSR count). The monoisotopic (exact) mass is 376 g/mol. The summed E-state index contributed by atoms with van der Waals surface area (Å²) in [5.41, 5.74) is 12.5. The van der Waals surface area contributed by atoms with E-state index in [1.807, 2.05) is 6.20 Å². The molecule has 0 aromatic carbocycles. The van der Waals surface area contributed by atoms with Gasteiger partial charge in [0.25, 0.3) is 0 Å². The van der Waals surface area contributed by atoms with E-state index in [1.54, 1.807) is 5.57 Å². The maximum absolute atomic E-state index is 8.86. The third-order valence-corrected chi connectivity index (χ3v) is 9.41. The Hall–Kier alpha value is -1.80. The van der Waals surface area contributed by atoms with Crippen LogP contribution in [-0.2, 0) is 0 Å². The molecule has 28 heavy (non-hydrogen) atoms. The first-order chi connectivity index (χ1) is 13.6. The average molecular weight is 377 g/mol. The number of rotatable bonds is 2. The highest BCUT2D eigenvalue weighted by Crippen LogP contribution is 2.67. The van der Waals surface area contributed by atoms with Crippen LogP contribution in [0.4, 0.5) is 0 Å². The molecule has 1 aromatic heterocycles. The third-order valence-electron chi connectivity index (χ3n) is 9.41. The van der Waals surface area contributed by atoms with Gasteiger partial charge in [-0.05, 0) is 109 Å². The van der Waals surface area contributed by atoms with Gasteiger partial charge in [0, 0.05) is 23.3 Å². The second kappa shape index (κ2) is 6.62. The molecule has 0 spiro atoms. The van der Waals surface area contributed by atoms with Gasteiger partial charge in [-0.2, -0.15) is 0 Å². The van der Waals surface area contributed by atoms with Crippen molar-refractivity contribution in [1.82, 2.24) is 4.98 Å². The van der Waals surface area contributed by atoms with Gasteiger partial charge in [0.15, 0.2) is 0 Å². The van der Waals surface area contributed by atoms with E-state index in [0.29, 0.717) is 10.8 Å². The van der Waals surface area contributed by atoms with E-state index in [4.69, 9.17) is 5.53 Å². The topological polar surface area (TPSA) is 61.7 Å². The van der Waals surface area contributed by atoms with Gasteiger partial charge in [-0.3, -0.25) is 4.98 Å². The molecule has 4 nitrogen and oxygen atoms in total. The van der Waals surface area contributed by atoms with Gasteiger partial charge in [-0.15, -0.1) is 0 Å². The molecule has 0 amide bonds. The van der Waals surface area contributed by atoms with Gasteiger partial charge < -0.3 is 0 Å². The summed E-state index contributed by atoms with van der Waals surface area (Å²) in [5, 5.41) is 4.08. The van der Waals surface area contributed by atoms with Crippen LogP contribution < -0.4 is 0 Å². The van der Waals surface area contributed by atoms with Crippen molar-refractivity contribution in [3.8, 4) is 0 Å². The number of hydrogen-bond donors (Lipinski definition) is 0. The fourth-order valence-electron chi connectivity index (χ4n) is 7.95. The lowest BCUT2D eigenvalue weighted by Crippen LogP contribution is -2.53. The number of nitrogens with zero attached hydrogens (tertiary/aromatic N) is 4. The summed E-state index contributed by atoms with van der Waals surface area (Å²) >= 11 is 0. The number of fused-ring (bicyclic) bond motifs is 5. The standard InChI is InChI=1S/C24H32N4/c1-23-11-9-18(27-28-25)14-17(23)5-6-19-21-8-7-20(16-4-3-13-26-15-16)24(21,2)12-10-22(19)23/h3-4,7,13,15,17-19,21-22H,5-6,8-12,14H2,1-2H3/t17?,18-,19+,21+,22+,23+,24-/m1/s1. The Balaban J connectivity index is 1.41. The van der Waals surface area contributed by atoms with Gasteiger partial charge in [-0.1, -0.05) is 31.1 Å². The van der Waals surface area contributed by atoms with Gasteiger partial charge in [0.1, 0.15) is 0 Å². The largest absolute Gasteiger partial charge is 0.264 e. The molecule has 4 aliphatic rings. The van der Waals surface area contributed by atoms with Gasteiger partial charge in [-0.25, -0.2) is 0 Å². The molecule has 4 heteroatoms. The van der Waals surface area contributed by atoms with Crippen LogP contribution in [0.5, 0.6) is 0 Å². The van der Waals surface area contributed by atoms with Crippen LogP contribution in [0.15, 0.2) is 35.7 Å². The molecule has 0 aliphatic heterocycles. The van der Waals surface area contributed by atoms with Gasteiger partial charge in [0.05, 0.1) is 0 Å². The number of pyridine rings is 1. The minimum absolute atomic E-state index is 0.235. The first-order valence-corrected chi connectivity index (χ1v) is 11.2. The Labute approximate surface area is 168 Å². The highest BCUT2D eigenvalue weighted by Gasteiger charge is 2.58. The summed E-state index contributed by atoms with van der Waals surface area (Å²) < 4.78 is 0. The van der Waals surface area contributed by atoms with E-state index in [1.165, 1.54) is 44.1 Å². The van der Waals surface area contributed by atoms with Crippen LogP contribution in [0.2, 0.25) is 0 Å².